The lowest BCUT2D eigenvalue weighted by molar-refractivity contribution is 0.0555. The molecule has 6 nitrogen and oxygen atoms in total. The Morgan fingerprint density at radius 1 is 0.708 bits per heavy atom. The van der Waals surface area contributed by atoms with Gasteiger partial charge in [-0.25, -0.2) is 9.59 Å². The largest absolute Gasteiger partial charge is 0.465 e. The van der Waals surface area contributed by atoms with E-state index in [1.54, 1.807) is 24.3 Å². The van der Waals surface area contributed by atoms with Crippen LogP contribution in [0.2, 0.25) is 0 Å². The number of ether oxygens (including phenoxy) is 2. The minimum Gasteiger partial charge on any atom is -0.465 e. The molecule has 0 radical (unpaired) electrons. The third-order valence-electron chi connectivity index (χ3n) is 3.87. The van der Waals surface area contributed by atoms with Crippen molar-refractivity contribution < 1.29 is 28.7 Å². The number of fused-ring (bicyclic) bond motifs is 2. The third-order valence-corrected chi connectivity index (χ3v) is 3.87. The van der Waals surface area contributed by atoms with E-state index in [0.717, 1.165) is 14.2 Å². The van der Waals surface area contributed by atoms with E-state index in [-0.39, 0.29) is 44.9 Å². The Labute approximate surface area is 137 Å². The van der Waals surface area contributed by atoms with Gasteiger partial charge in [-0.15, -0.1) is 0 Å². The molecule has 0 saturated carbocycles. The van der Waals surface area contributed by atoms with Crippen LogP contribution in [-0.4, -0.2) is 37.7 Å². The molecule has 0 aromatic heterocycles. The van der Waals surface area contributed by atoms with Crippen molar-refractivity contribution in [2.24, 2.45) is 0 Å². The lowest BCUT2D eigenvalue weighted by atomic mass is 9.82. The van der Waals surface area contributed by atoms with E-state index in [9.17, 15) is 19.2 Å². The van der Waals surface area contributed by atoms with E-state index < -0.39 is 11.9 Å². The minimum atomic E-state index is -0.794. The summed E-state index contributed by atoms with van der Waals surface area (Å²) < 4.78 is 9.30. The van der Waals surface area contributed by atoms with Crippen LogP contribution in [0.1, 0.15) is 52.6 Å². The highest BCUT2D eigenvalue weighted by molar-refractivity contribution is 6.29. The van der Waals surface area contributed by atoms with Crippen LogP contribution in [0.3, 0.4) is 0 Å². The summed E-state index contributed by atoms with van der Waals surface area (Å²) in [6.07, 6.45) is 0. The first kappa shape index (κ1) is 15.6. The van der Waals surface area contributed by atoms with Crippen LogP contribution in [-0.2, 0) is 9.47 Å². The summed E-state index contributed by atoms with van der Waals surface area (Å²) in [6, 6.07) is 8.82. The fourth-order valence-electron chi connectivity index (χ4n) is 2.70. The maximum Gasteiger partial charge on any atom is 0.338 e. The van der Waals surface area contributed by atoms with Crippen molar-refractivity contribution in [1.29, 1.82) is 0 Å². The monoisotopic (exact) mass is 324 g/mol. The first-order chi connectivity index (χ1) is 11.5. The lowest BCUT2D eigenvalue weighted by Crippen LogP contribution is -2.23. The van der Waals surface area contributed by atoms with Gasteiger partial charge >= 0.3 is 11.9 Å². The highest BCUT2D eigenvalue weighted by atomic mass is 16.5. The smallest absolute Gasteiger partial charge is 0.338 e. The van der Waals surface area contributed by atoms with Gasteiger partial charge in [0.2, 0.25) is 0 Å². The molecule has 6 heteroatoms. The van der Waals surface area contributed by atoms with E-state index in [1.807, 2.05) is 0 Å². The maximum absolute atomic E-state index is 12.6. The summed E-state index contributed by atoms with van der Waals surface area (Å²) in [6.45, 7) is 0. The molecular formula is C18H12O6. The van der Waals surface area contributed by atoms with Crippen LogP contribution in [0, 0.1) is 0 Å². The van der Waals surface area contributed by atoms with Crippen LogP contribution < -0.4 is 0 Å². The Hall–Kier alpha value is -3.28. The van der Waals surface area contributed by atoms with E-state index in [4.69, 9.17) is 0 Å². The molecule has 1 aliphatic rings. The highest BCUT2D eigenvalue weighted by Crippen LogP contribution is 2.30. The minimum absolute atomic E-state index is 0.0618. The lowest BCUT2D eigenvalue weighted by Gasteiger charge is -2.19. The molecule has 3 rings (SSSR count). The number of methoxy groups -OCH3 is 2. The molecule has 0 heterocycles. The molecule has 1 aliphatic carbocycles. The van der Waals surface area contributed by atoms with Gasteiger partial charge in [0.05, 0.1) is 25.3 Å². The number of ketones is 2. The second-order valence-corrected chi connectivity index (χ2v) is 5.13. The second kappa shape index (κ2) is 5.73. The molecule has 0 aliphatic heterocycles. The molecule has 0 fully saturated rings. The van der Waals surface area contributed by atoms with Crippen LogP contribution in [0.4, 0.5) is 0 Å². The van der Waals surface area contributed by atoms with E-state index >= 15 is 0 Å². The normalized spacial score (nSPS) is 12.2. The van der Waals surface area contributed by atoms with Gasteiger partial charge in [-0.2, -0.15) is 0 Å². The Balaban J connectivity index is 2.29. The fourth-order valence-corrected chi connectivity index (χ4v) is 2.70. The molecular weight excluding hydrogens is 312 g/mol. The van der Waals surface area contributed by atoms with Crippen molar-refractivity contribution in [1.82, 2.24) is 0 Å². The third kappa shape index (κ3) is 2.20. The molecule has 2 aromatic rings. The van der Waals surface area contributed by atoms with E-state index in [1.165, 1.54) is 12.1 Å². The average molecular weight is 324 g/mol. The number of hydrogen-bond acceptors (Lipinski definition) is 6. The van der Waals surface area contributed by atoms with Crippen molar-refractivity contribution in [3.05, 3.63) is 69.8 Å². The van der Waals surface area contributed by atoms with Crippen molar-refractivity contribution in [2.45, 2.75) is 0 Å². The summed E-state index contributed by atoms with van der Waals surface area (Å²) in [4.78, 5) is 49.2. The first-order valence-electron chi connectivity index (χ1n) is 7.02. The topological polar surface area (TPSA) is 86.7 Å². The molecule has 0 bridgehead atoms. The zero-order chi connectivity index (χ0) is 17.4. The predicted octanol–water partition coefficient (Wildman–Crippen LogP) is 2.04. The Morgan fingerprint density at radius 2 is 1.08 bits per heavy atom. The molecule has 120 valence electrons. The molecule has 0 saturated heterocycles. The SMILES string of the molecule is COC(=O)c1cc2c(cc1C(=O)OC)C(=O)c1ccccc1C2=O. The first-order valence-corrected chi connectivity index (χ1v) is 7.02. The number of carbonyl (C=O) groups excluding carboxylic acids is 4. The van der Waals surface area contributed by atoms with E-state index in [2.05, 4.69) is 9.47 Å². The molecule has 0 atom stereocenters. The number of esters is 2. The summed E-state index contributed by atoms with van der Waals surface area (Å²) in [5, 5.41) is 0. The quantitative estimate of drug-likeness (QED) is 0.670. The van der Waals surface area contributed by atoms with Gasteiger partial charge in [0, 0.05) is 22.3 Å². The number of hydrogen-bond donors (Lipinski definition) is 0. The van der Waals surface area contributed by atoms with Gasteiger partial charge < -0.3 is 9.47 Å². The summed E-state index contributed by atoms with van der Waals surface area (Å²) in [5.74, 6) is -2.36. The average Bonchev–Trinajstić information content (AvgIpc) is 2.63. The van der Waals surface area contributed by atoms with Crippen LogP contribution >= 0.6 is 0 Å². The van der Waals surface area contributed by atoms with Gasteiger partial charge in [-0.05, 0) is 12.1 Å². The molecule has 0 amide bonds. The van der Waals surface area contributed by atoms with Crippen molar-refractivity contribution >= 4 is 23.5 Å². The van der Waals surface area contributed by atoms with Crippen LogP contribution in [0.25, 0.3) is 0 Å². The maximum atomic E-state index is 12.6. The van der Waals surface area contributed by atoms with E-state index in [0.29, 0.717) is 0 Å². The van der Waals surface area contributed by atoms with Crippen LogP contribution in [0.5, 0.6) is 0 Å². The predicted molar refractivity (Wildman–Crippen MR) is 82.4 cm³/mol. The molecule has 0 unspecified atom stereocenters. The second-order valence-electron chi connectivity index (χ2n) is 5.13. The summed E-state index contributed by atoms with van der Waals surface area (Å²) in [5.41, 5.74) is 0.402. The van der Waals surface area contributed by atoms with Gasteiger partial charge in [-0.3, -0.25) is 9.59 Å². The summed E-state index contributed by atoms with van der Waals surface area (Å²) in [7, 11) is 2.32. The van der Waals surface area contributed by atoms with Crippen molar-refractivity contribution in [3.8, 4) is 0 Å². The Kier molecular flexibility index (Phi) is 3.73. The van der Waals surface area contributed by atoms with Crippen molar-refractivity contribution in [2.75, 3.05) is 14.2 Å². The standard InChI is InChI=1S/C18H12O6/c1-23-17(21)13-7-11-12(8-14(13)18(22)24-2)16(20)10-6-4-3-5-9(10)15(11)19/h3-8H,1-2H3. The van der Waals surface area contributed by atoms with Crippen molar-refractivity contribution in [3.63, 3.8) is 0 Å². The number of carbonyl (C=O) groups is 4. The Morgan fingerprint density at radius 3 is 1.42 bits per heavy atom. The van der Waals surface area contributed by atoms with Gasteiger partial charge in [-0.1, -0.05) is 24.3 Å². The molecule has 2 aromatic carbocycles. The highest BCUT2D eigenvalue weighted by Gasteiger charge is 2.33. The zero-order valence-electron chi connectivity index (χ0n) is 12.9. The zero-order valence-corrected chi connectivity index (χ0v) is 12.9. The Bertz CT molecular complexity index is 836. The molecule has 0 spiro atoms. The number of benzene rings is 2. The van der Waals surface area contributed by atoms with Crippen LogP contribution in [0.15, 0.2) is 36.4 Å². The van der Waals surface area contributed by atoms with Gasteiger partial charge in [0.15, 0.2) is 11.6 Å². The molecule has 0 N–H and O–H groups in total. The summed E-state index contributed by atoms with van der Waals surface area (Å²) >= 11 is 0. The van der Waals surface area contributed by atoms with Gasteiger partial charge in [0.25, 0.3) is 0 Å². The van der Waals surface area contributed by atoms with Gasteiger partial charge in [0.1, 0.15) is 0 Å². The fraction of sp³-hybridized carbons (Fsp3) is 0.111. The molecule has 24 heavy (non-hydrogen) atoms. The number of rotatable bonds is 2.